The van der Waals surface area contributed by atoms with E-state index < -0.39 is 5.97 Å². The van der Waals surface area contributed by atoms with Crippen LogP contribution in [0.1, 0.15) is 10.4 Å². The van der Waals surface area contributed by atoms with E-state index in [1.54, 1.807) is 60.9 Å². The molecule has 1 N–H and O–H groups in total. The van der Waals surface area contributed by atoms with Crippen LogP contribution in [0.4, 0.5) is 0 Å². The predicted molar refractivity (Wildman–Crippen MR) is 203 cm³/mol. The Morgan fingerprint density at radius 2 is 0.907 bits per heavy atom. The van der Waals surface area contributed by atoms with E-state index in [1.165, 1.54) is 0 Å². The topological polar surface area (TPSA) is 162 Å². The Morgan fingerprint density at radius 3 is 1.35 bits per heavy atom. The molecule has 0 saturated heterocycles. The molecular formula is C40H37N8O5Zn+. The standard InChI is InChI=1S/C34H20N8O2.3C2H6O.Zn/c1-42-32-23-12-6-7-13-24(23)33(42)41-31-25-16-17(34(43)44)14-15-22(25)29(39-31)37-27-19-9-3-2-8-18(19)26(35-27)36-28-20-10-4-5-11-21(20)30(38-28)40-32;3*1-3-2;/h2-16H,1H3,(H2,35,36,37,38,39,40,41,43,44);3*1-2H3;/q;;;;+2/p-1. The Hall–Kier alpha value is -5.79. The first-order valence-corrected chi connectivity index (χ1v) is 16.4. The van der Waals surface area contributed by atoms with Gasteiger partial charge >= 0.3 is 25.4 Å². The van der Waals surface area contributed by atoms with Crippen molar-refractivity contribution in [3.63, 3.8) is 0 Å². The number of methoxy groups -OCH3 is 3. The van der Waals surface area contributed by atoms with Gasteiger partial charge in [-0.25, -0.2) is 9.78 Å². The van der Waals surface area contributed by atoms with E-state index in [-0.39, 0.29) is 25.0 Å². The second-order valence-corrected chi connectivity index (χ2v) is 11.9. The quantitative estimate of drug-likeness (QED) is 0.152. The van der Waals surface area contributed by atoms with Crippen LogP contribution in [0.5, 0.6) is 0 Å². The number of rotatable bonds is 1. The second-order valence-electron chi connectivity index (χ2n) is 11.9. The zero-order valence-electron chi connectivity index (χ0n) is 31.0. The van der Waals surface area contributed by atoms with E-state index >= 15 is 0 Å². The van der Waals surface area contributed by atoms with Gasteiger partial charge in [0.1, 0.15) is 11.6 Å². The molecule has 0 spiro atoms. The van der Waals surface area contributed by atoms with Crippen LogP contribution in [0.25, 0.3) is 89.7 Å². The van der Waals surface area contributed by atoms with E-state index in [0.29, 0.717) is 56.7 Å². The summed E-state index contributed by atoms with van der Waals surface area (Å²) in [4.78, 5) is 46.5. The van der Waals surface area contributed by atoms with E-state index in [1.807, 2.05) is 84.4 Å². The van der Waals surface area contributed by atoms with E-state index in [0.717, 1.165) is 33.0 Å². The van der Waals surface area contributed by atoms with Gasteiger partial charge in [-0.3, -0.25) is 4.57 Å². The smallest absolute Gasteiger partial charge is 0.478 e. The molecule has 268 valence electrons. The van der Waals surface area contributed by atoms with Crippen LogP contribution in [-0.4, -0.2) is 78.7 Å². The maximum absolute atomic E-state index is 11.9. The van der Waals surface area contributed by atoms with Crippen molar-refractivity contribution < 1.29 is 48.2 Å². The number of benzene rings is 4. The molecule has 4 aromatic carbocycles. The average Bonchev–Trinajstić information content (AvgIpc) is 3.87. The molecule has 54 heavy (non-hydrogen) atoms. The van der Waals surface area contributed by atoms with Gasteiger partial charge in [-0.15, -0.1) is 0 Å². The number of carboxylic acid groups (broad SMARTS) is 1. The molecule has 9 rings (SSSR count). The number of nitrogens with zero attached hydrogens (tertiary/aromatic N) is 8. The third-order valence-corrected chi connectivity index (χ3v) is 8.09. The molecule has 0 radical (unpaired) electrons. The number of hydrogen-bond donors (Lipinski definition) is 1. The van der Waals surface area contributed by atoms with Gasteiger partial charge in [0.15, 0.2) is 0 Å². The molecule has 7 aromatic rings. The molecule has 14 heteroatoms. The molecule has 0 aliphatic carbocycles. The second kappa shape index (κ2) is 17.4. The Kier molecular flexibility index (Phi) is 12.7. The maximum atomic E-state index is 11.9. The number of hydrogen-bond acceptors (Lipinski definition) is 9. The van der Waals surface area contributed by atoms with Crippen LogP contribution in [0.3, 0.4) is 0 Å². The summed E-state index contributed by atoms with van der Waals surface area (Å²) in [5.74, 6) is 1.20. The van der Waals surface area contributed by atoms with Crippen molar-refractivity contribution >= 4 is 50.1 Å². The number of aromatic nitrogens is 8. The third kappa shape index (κ3) is 7.50. The fourth-order valence-electron chi connectivity index (χ4n) is 5.98. The number of ether oxygens (including phenoxy) is 3. The molecule has 2 aliphatic heterocycles. The van der Waals surface area contributed by atoms with Crippen molar-refractivity contribution in [1.29, 1.82) is 0 Å². The molecular weight excluding hydrogens is 738 g/mol. The molecule has 3 aromatic heterocycles. The number of carboxylic acids is 1. The van der Waals surface area contributed by atoms with Gasteiger partial charge in [-0.05, 0) is 33.7 Å². The van der Waals surface area contributed by atoms with Crippen LogP contribution in [0.2, 0.25) is 0 Å². The van der Waals surface area contributed by atoms with E-state index in [9.17, 15) is 9.90 Å². The molecule has 13 nitrogen and oxygen atoms in total. The van der Waals surface area contributed by atoms with Gasteiger partial charge in [-0.2, -0.15) is 0 Å². The van der Waals surface area contributed by atoms with Crippen molar-refractivity contribution in [3.05, 3.63) is 96.6 Å². The number of fused-ring (bicyclic) bond motifs is 20. The summed E-state index contributed by atoms with van der Waals surface area (Å²) in [6.07, 6.45) is 0. The van der Waals surface area contributed by atoms with Gasteiger partial charge in [0.05, 0.1) is 24.3 Å². The summed E-state index contributed by atoms with van der Waals surface area (Å²) in [6.45, 7) is 0. The SMILES string of the molecule is COC.COC.COC.C[n+]1c2nc3[n-]c(nc4nc(nc5[n-]c(nc1-c1ccccc1-2)c1cc(C(=O)O)ccc51)-c1ccccc1-4)c1ccccc31.[Zn+2]. The van der Waals surface area contributed by atoms with Gasteiger partial charge in [0, 0.05) is 87.5 Å². The first kappa shape index (κ1) is 39.4. The van der Waals surface area contributed by atoms with Crippen molar-refractivity contribution in [2.75, 3.05) is 42.7 Å². The molecule has 0 amide bonds. The van der Waals surface area contributed by atoms with Gasteiger partial charge < -0.3 is 49.2 Å². The first-order valence-electron chi connectivity index (χ1n) is 16.4. The minimum absolute atomic E-state index is 0. The fourth-order valence-corrected chi connectivity index (χ4v) is 5.98. The zero-order chi connectivity index (χ0) is 37.6. The summed E-state index contributed by atoms with van der Waals surface area (Å²) >= 11 is 0. The normalized spacial score (nSPS) is 10.7. The molecule has 8 bridgehead atoms. The fraction of sp³-hybridized carbons (Fsp3) is 0.175. The summed E-state index contributed by atoms with van der Waals surface area (Å²) in [6, 6.07) is 28.4. The summed E-state index contributed by atoms with van der Waals surface area (Å²) in [7, 11) is 11.7. The summed E-state index contributed by atoms with van der Waals surface area (Å²) < 4.78 is 14.7. The molecule has 0 fully saturated rings. The first-order chi connectivity index (χ1) is 25.8. The van der Waals surface area contributed by atoms with Crippen LogP contribution >= 0.6 is 0 Å². The molecule has 0 unspecified atom stereocenters. The molecule has 2 aliphatic rings. The Labute approximate surface area is 323 Å². The van der Waals surface area contributed by atoms with Crippen molar-refractivity contribution in [3.8, 4) is 45.6 Å². The van der Waals surface area contributed by atoms with Gasteiger partial charge in [0.2, 0.25) is 0 Å². The van der Waals surface area contributed by atoms with Crippen molar-refractivity contribution in [2.24, 2.45) is 7.05 Å². The zero-order valence-corrected chi connectivity index (χ0v) is 34.0. The van der Waals surface area contributed by atoms with E-state index in [2.05, 4.69) is 14.2 Å². The third-order valence-electron chi connectivity index (χ3n) is 8.09. The average molecular weight is 775 g/mol. The van der Waals surface area contributed by atoms with Crippen LogP contribution in [0, 0.1) is 0 Å². The summed E-state index contributed by atoms with van der Waals surface area (Å²) in [5, 5.41) is 12.7. The van der Waals surface area contributed by atoms with Gasteiger partial charge in [-0.1, -0.05) is 78.9 Å². The largest absolute Gasteiger partial charge is 2.00 e. The Balaban J connectivity index is 0.000000514. The van der Waals surface area contributed by atoms with Gasteiger partial charge in [0.25, 0.3) is 0 Å². The monoisotopic (exact) mass is 773 g/mol. The van der Waals surface area contributed by atoms with Crippen LogP contribution < -0.4 is 14.5 Å². The molecule has 0 atom stereocenters. The predicted octanol–water partition coefficient (Wildman–Crippen LogP) is 6.04. The molecule has 0 saturated carbocycles. The van der Waals surface area contributed by atoms with E-state index in [4.69, 9.17) is 34.9 Å². The summed E-state index contributed by atoms with van der Waals surface area (Å²) in [5.41, 5.74) is 5.33. The number of carbonyl (C=O) groups is 1. The van der Waals surface area contributed by atoms with Crippen LogP contribution in [0.15, 0.2) is 91.0 Å². The Morgan fingerprint density at radius 1 is 0.537 bits per heavy atom. The Bertz CT molecular complexity index is 2640. The maximum Gasteiger partial charge on any atom is 2.00 e. The molecule has 5 heterocycles. The van der Waals surface area contributed by atoms with Crippen molar-refractivity contribution in [1.82, 2.24) is 34.9 Å². The van der Waals surface area contributed by atoms with Crippen LogP contribution in [-0.2, 0) is 40.7 Å². The number of aromatic carboxylic acids is 1. The minimum atomic E-state index is -1.04. The van der Waals surface area contributed by atoms with Crippen molar-refractivity contribution in [2.45, 2.75) is 0 Å². The minimum Gasteiger partial charge on any atom is -0.478 e.